The van der Waals surface area contributed by atoms with Crippen molar-refractivity contribution < 1.29 is 9.53 Å². The molecule has 3 rings (SSSR count). The number of hydrogen-bond donors (Lipinski definition) is 2. The Bertz CT molecular complexity index is 1010. The second-order valence-electron chi connectivity index (χ2n) is 5.47. The normalized spacial score (nSPS) is 10.7. The molecule has 0 bridgehead atoms. The van der Waals surface area contributed by atoms with E-state index in [1.54, 1.807) is 6.07 Å². The number of fused-ring (bicyclic) bond motifs is 1. The van der Waals surface area contributed by atoms with E-state index in [1.807, 2.05) is 13.0 Å². The smallest absolute Gasteiger partial charge is 0.257 e. The fraction of sp³-hybridized carbons (Fsp3) is 0.118. The van der Waals surface area contributed by atoms with Crippen molar-refractivity contribution in [3.05, 3.63) is 50.5 Å². The Balaban J connectivity index is 1.73. The molecule has 0 unspecified atom stereocenters. The molecule has 5 nitrogen and oxygen atoms in total. The summed E-state index contributed by atoms with van der Waals surface area (Å²) in [4.78, 5) is 16.8. The van der Waals surface area contributed by atoms with Gasteiger partial charge < -0.3 is 10.1 Å². The monoisotopic (exact) mass is 459 g/mol. The number of methoxy groups -OCH3 is 1. The van der Waals surface area contributed by atoms with Crippen molar-refractivity contribution in [2.24, 2.45) is 0 Å². The number of ether oxygens (including phenoxy) is 1. The average molecular weight is 461 g/mol. The zero-order chi connectivity index (χ0) is 19.7. The van der Waals surface area contributed by atoms with Gasteiger partial charge in [0.05, 0.1) is 27.4 Å². The van der Waals surface area contributed by atoms with Crippen molar-refractivity contribution in [2.45, 2.75) is 6.92 Å². The van der Waals surface area contributed by atoms with Crippen LogP contribution in [0.3, 0.4) is 0 Å². The summed E-state index contributed by atoms with van der Waals surface area (Å²) < 4.78 is 6.03. The number of carbonyl (C=O) groups is 1. The first-order valence-corrected chi connectivity index (χ1v) is 9.86. The molecule has 1 aromatic heterocycles. The number of halogens is 3. The third-order valence-corrected chi connectivity index (χ3v) is 5.69. The third-order valence-electron chi connectivity index (χ3n) is 3.58. The number of benzene rings is 2. The van der Waals surface area contributed by atoms with Gasteiger partial charge in [-0.2, -0.15) is 0 Å². The Morgan fingerprint density at radius 3 is 2.44 bits per heavy atom. The van der Waals surface area contributed by atoms with Gasteiger partial charge in [-0.3, -0.25) is 10.1 Å². The van der Waals surface area contributed by atoms with E-state index in [2.05, 4.69) is 15.6 Å². The predicted octanol–water partition coefficient (Wildman–Crippen LogP) is 5.70. The Hall–Kier alpha value is -1.64. The van der Waals surface area contributed by atoms with Gasteiger partial charge in [0.25, 0.3) is 5.91 Å². The zero-order valence-corrected chi connectivity index (χ0v) is 17.9. The quantitative estimate of drug-likeness (QED) is 0.491. The first-order valence-electron chi connectivity index (χ1n) is 7.50. The summed E-state index contributed by atoms with van der Waals surface area (Å²) in [5, 5.41) is 7.21. The van der Waals surface area contributed by atoms with Gasteiger partial charge >= 0.3 is 0 Å². The van der Waals surface area contributed by atoms with E-state index in [0.29, 0.717) is 15.9 Å². The van der Waals surface area contributed by atoms with E-state index in [9.17, 15) is 4.79 Å². The summed E-state index contributed by atoms with van der Waals surface area (Å²) >= 11 is 24.8. The molecule has 27 heavy (non-hydrogen) atoms. The lowest BCUT2D eigenvalue weighted by atomic mass is 10.2. The Morgan fingerprint density at radius 2 is 1.81 bits per heavy atom. The summed E-state index contributed by atoms with van der Waals surface area (Å²) in [6.07, 6.45) is 0. The Morgan fingerprint density at radius 1 is 1.15 bits per heavy atom. The number of nitrogens with zero attached hydrogens (tertiary/aromatic N) is 1. The fourth-order valence-corrected chi connectivity index (χ4v) is 4.30. The highest BCUT2D eigenvalue weighted by atomic mass is 35.5. The minimum atomic E-state index is -0.459. The van der Waals surface area contributed by atoms with E-state index in [0.717, 1.165) is 15.8 Å². The highest BCUT2D eigenvalue weighted by Gasteiger charge is 2.15. The van der Waals surface area contributed by atoms with Crippen LogP contribution in [0.1, 0.15) is 15.9 Å². The first kappa shape index (κ1) is 20.1. The topological polar surface area (TPSA) is 63.2 Å². The van der Waals surface area contributed by atoms with Crippen molar-refractivity contribution in [1.82, 2.24) is 10.3 Å². The molecule has 0 saturated carbocycles. The van der Waals surface area contributed by atoms with Gasteiger partial charge in [-0.05, 0) is 49.0 Å². The largest absolute Gasteiger partial charge is 0.494 e. The van der Waals surface area contributed by atoms with Gasteiger partial charge in [0.1, 0.15) is 0 Å². The number of aromatic nitrogens is 1. The first-order chi connectivity index (χ1) is 12.8. The summed E-state index contributed by atoms with van der Waals surface area (Å²) in [5.41, 5.74) is 1.96. The highest BCUT2D eigenvalue weighted by molar-refractivity contribution is 7.80. The number of carbonyl (C=O) groups excluding carboxylic acids is 1. The van der Waals surface area contributed by atoms with Crippen molar-refractivity contribution in [3.63, 3.8) is 0 Å². The average Bonchev–Trinajstić information content (AvgIpc) is 2.95. The van der Waals surface area contributed by atoms with Crippen LogP contribution in [0, 0.1) is 6.92 Å². The summed E-state index contributed by atoms with van der Waals surface area (Å²) in [5.74, 6) is -0.155. The van der Waals surface area contributed by atoms with Crippen molar-refractivity contribution in [1.29, 1.82) is 0 Å². The molecule has 3 aromatic rings. The molecule has 0 fully saturated rings. The molecule has 0 saturated heterocycles. The molecular formula is C17H12Cl3N3O2S2. The molecule has 1 amide bonds. The van der Waals surface area contributed by atoms with Crippen LogP contribution in [0.15, 0.2) is 24.3 Å². The van der Waals surface area contributed by atoms with E-state index in [1.165, 1.54) is 30.6 Å². The summed E-state index contributed by atoms with van der Waals surface area (Å²) in [6, 6.07) is 6.64. The standard InChI is InChI=1S/C17H12Cl3N3O2S2/c1-7-3-13-12(6-9(7)18)21-17(27-13)23-16(26)22-15(24)8-4-10(19)14(25-2)11(20)5-8/h3-6H,1-2H3,(H2,21,22,23,24,26). The second-order valence-corrected chi connectivity index (χ2v) is 8.13. The molecule has 0 aliphatic rings. The maximum absolute atomic E-state index is 12.4. The molecule has 0 radical (unpaired) electrons. The number of rotatable bonds is 3. The number of thiazole rings is 1. The molecule has 0 aliphatic heterocycles. The van der Waals surface area contributed by atoms with Crippen LogP contribution in [0.5, 0.6) is 5.75 Å². The highest BCUT2D eigenvalue weighted by Crippen LogP contribution is 2.34. The number of amides is 1. The number of hydrogen-bond acceptors (Lipinski definition) is 5. The zero-order valence-electron chi connectivity index (χ0n) is 14.0. The lowest BCUT2D eigenvalue weighted by molar-refractivity contribution is 0.0977. The van der Waals surface area contributed by atoms with Gasteiger partial charge in [0.2, 0.25) is 0 Å². The molecule has 1 heterocycles. The van der Waals surface area contributed by atoms with Crippen molar-refractivity contribution in [2.75, 3.05) is 12.4 Å². The molecule has 2 N–H and O–H groups in total. The van der Waals surface area contributed by atoms with Crippen molar-refractivity contribution in [3.8, 4) is 5.75 Å². The third kappa shape index (κ3) is 4.44. The van der Waals surface area contributed by atoms with E-state index < -0.39 is 5.91 Å². The molecule has 10 heteroatoms. The van der Waals surface area contributed by atoms with E-state index in [4.69, 9.17) is 51.8 Å². The van der Waals surface area contributed by atoms with Crippen LogP contribution in [-0.4, -0.2) is 23.1 Å². The number of aryl methyl sites for hydroxylation is 1. The Kier molecular flexibility index (Phi) is 6.08. The second kappa shape index (κ2) is 8.16. The Labute approximate surface area is 179 Å². The SMILES string of the molecule is COc1c(Cl)cc(C(=O)NC(=S)Nc2nc3cc(Cl)c(C)cc3s2)cc1Cl. The van der Waals surface area contributed by atoms with Crippen LogP contribution in [0.4, 0.5) is 5.13 Å². The van der Waals surface area contributed by atoms with Gasteiger partial charge in [-0.1, -0.05) is 46.1 Å². The lowest BCUT2D eigenvalue weighted by Gasteiger charge is -2.10. The summed E-state index contributed by atoms with van der Waals surface area (Å²) in [7, 11) is 1.44. The van der Waals surface area contributed by atoms with Gasteiger partial charge in [0.15, 0.2) is 16.0 Å². The maximum Gasteiger partial charge on any atom is 0.257 e. The molecule has 140 valence electrons. The molecule has 0 aliphatic carbocycles. The predicted molar refractivity (Wildman–Crippen MR) is 116 cm³/mol. The molecule has 0 spiro atoms. The fourth-order valence-electron chi connectivity index (χ4n) is 2.29. The van der Waals surface area contributed by atoms with Crippen LogP contribution < -0.4 is 15.4 Å². The molecular weight excluding hydrogens is 449 g/mol. The van der Waals surface area contributed by atoms with Crippen LogP contribution in [-0.2, 0) is 0 Å². The summed E-state index contributed by atoms with van der Waals surface area (Å²) in [6.45, 7) is 1.92. The number of nitrogens with one attached hydrogen (secondary N) is 2. The van der Waals surface area contributed by atoms with Crippen LogP contribution in [0.2, 0.25) is 15.1 Å². The lowest BCUT2D eigenvalue weighted by Crippen LogP contribution is -2.34. The molecule has 0 atom stereocenters. The van der Waals surface area contributed by atoms with Gasteiger partial charge in [-0.25, -0.2) is 4.98 Å². The number of thiocarbonyl (C=S) groups is 1. The van der Waals surface area contributed by atoms with E-state index in [-0.39, 0.29) is 20.7 Å². The maximum atomic E-state index is 12.4. The minimum Gasteiger partial charge on any atom is -0.494 e. The van der Waals surface area contributed by atoms with Crippen LogP contribution in [0.25, 0.3) is 10.2 Å². The minimum absolute atomic E-state index is 0.102. The van der Waals surface area contributed by atoms with Gasteiger partial charge in [-0.15, -0.1) is 0 Å². The van der Waals surface area contributed by atoms with Crippen LogP contribution >= 0.6 is 58.4 Å². The number of anilines is 1. The van der Waals surface area contributed by atoms with Crippen molar-refractivity contribution >= 4 is 84.7 Å². The van der Waals surface area contributed by atoms with E-state index >= 15 is 0 Å². The van der Waals surface area contributed by atoms with Gasteiger partial charge in [0, 0.05) is 10.6 Å². The molecule has 2 aromatic carbocycles.